The minimum atomic E-state index is -1.70. The molecule has 0 radical (unpaired) electrons. The molecule has 5 atom stereocenters. The molecule has 0 aromatic carbocycles. The standard InChI is InChI=1S/C25H50O2Si/c1-19(13-10-11-17-24(5,6)26)20-15-16-21-22(14-12-18-25(20,21)7)27-28(8,9)23(2,3)4/h19-22,26H,10-18H2,1-9H3/t19-,20-,21+,22+,25-/m1/s1. The molecule has 2 nitrogen and oxygen atoms in total. The lowest BCUT2D eigenvalue weighted by Gasteiger charge is -2.50. The Morgan fingerprint density at radius 3 is 2.29 bits per heavy atom. The van der Waals surface area contributed by atoms with Gasteiger partial charge < -0.3 is 9.53 Å². The van der Waals surface area contributed by atoms with Crippen LogP contribution in [0.5, 0.6) is 0 Å². The van der Waals surface area contributed by atoms with Gasteiger partial charge in [0.15, 0.2) is 8.32 Å². The highest BCUT2D eigenvalue weighted by Gasteiger charge is 2.54. The molecule has 0 amide bonds. The van der Waals surface area contributed by atoms with Crippen molar-refractivity contribution in [2.24, 2.45) is 23.2 Å². The molecule has 0 heterocycles. The summed E-state index contributed by atoms with van der Waals surface area (Å²) in [7, 11) is -1.70. The number of hydrogen-bond acceptors (Lipinski definition) is 2. The number of hydrogen-bond donors (Lipinski definition) is 1. The zero-order valence-corrected chi connectivity index (χ0v) is 21.5. The third-order valence-electron chi connectivity index (χ3n) is 8.77. The van der Waals surface area contributed by atoms with Gasteiger partial charge in [-0.3, -0.25) is 0 Å². The molecular formula is C25H50O2Si. The van der Waals surface area contributed by atoms with Crippen LogP contribution in [0.1, 0.15) is 106 Å². The topological polar surface area (TPSA) is 29.5 Å². The Balaban J connectivity index is 1.99. The summed E-state index contributed by atoms with van der Waals surface area (Å²) in [6.07, 6.45) is 11.9. The van der Waals surface area contributed by atoms with E-state index in [4.69, 9.17) is 4.43 Å². The smallest absolute Gasteiger partial charge is 0.192 e. The van der Waals surface area contributed by atoms with Gasteiger partial charge >= 0.3 is 0 Å². The van der Waals surface area contributed by atoms with Gasteiger partial charge in [0.05, 0.1) is 5.60 Å². The van der Waals surface area contributed by atoms with E-state index in [1.54, 1.807) is 0 Å². The predicted molar refractivity (Wildman–Crippen MR) is 124 cm³/mol. The predicted octanol–water partition coefficient (Wildman–Crippen LogP) is 7.56. The van der Waals surface area contributed by atoms with Gasteiger partial charge in [0.1, 0.15) is 0 Å². The summed E-state index contributed by atoms with van der Waals surface area (Å²) < 4.78 is 7.00. The molecule has 1 N–H and O–H groups in total. The van der Waals surface area contributed by atoms with Crippen molar-refractivity contribution in [1.29, 1.82) is 0 Å². The summed E-state index contributed by atoms with van der Waals surface area (Å²) in [5, 5.41) is 10.3. The van der Waals surface area contributed by atoms with Gasteiger partial charge in [0.25, 0.3) is 0 Å². The van der Waals surface area contributed by atoms with Gasteiger partial charge in [0.2, 0.25) is 0 Å². The second-order valence-corrected chi connectivity index (χ2v) is 17.4. The first-order valence-corrected chi connectivity index (χ1v) is 15.0. The van der Waals surface area contributed by atoms with Crippen molar-refractivity contribution in [3.63, 3.8) is 0 Å². The van der Waals surface area contributed by atoms with Crippen molar-refractivity contribution < 1.29 is 9.53 Å². The van der Waals surface area contributed by atoms with Crippen LogP contribution in [0.3, 0.4) is 0 Å². The molecule has 166 valence electrons. The van der Waals surface area contributed by atoms with Crippen LogP contribution in [0, 0.1) is 23.2 Å². The number of fused-ring (bicyclic) bond motifs is 1. The summed E-state index contributed by atoms with van der Waals surface area (Å²) in [4.78, 5) is 0. The Morgan fingerprint density at radius 1 is 1.07 bits per heavy atom. The Bertz CT molecular complexity index is 502. The molecule has 3 heteroatoms. The lowest BCUT2D eigenvalue weighted by atomic mass is 9.61. The Hall–Kier alpha value is 0.137. The molecule has 2 aliphatic rings. The number of aliphatic hydroxyl groups is 1. The Kier molecular flexibility index (Phi) is 7.59. The Labute approximate surface area is 177 Å². The van der Waals surface area contributed by atoms with Crippen molar-refractivity contribution in [3.8, 4) is 0 Å². The summed E-state index contributed by atoms with van der Waals surface area (Å²) in [6, 6.07) is 0. The average Bonchev–Trinajstić information content (AvgIpc) is 2.87. The van der Waals surface area contributed by atoms with E-state index >= 15 is 0 Å². The maximum atomic E-state index is 9.96. The molecule has 2 saturated carbocycles. The third-order valence-corrected chi connectivity index (χ3v) is 13.3. The van der Waals surface area contributed by atoms with Gasteiger partial charge in [0, 0.05) is 6.10 Å². The van der Waals surface area contributed by atoms with Crippen LogP contribution in [-0.4, -0.2) is 25.1 Å². The quantitative estimate of drug-likeness (QED) is 0.330. The fourth-order valence-electron chi connectivity index (χ4n) is 6.02. The van der Waals surface area contributed by atoms with Crippen LogP contribution in [0.15, 0.2) is 0 Å². The maximum Gasteiger partial charge on any atom is 0.192 e. The summed E-state index contributed by atoms with van der Waals surface area (Å²) in [5.74, 6) is 2.41. The van der Waals surface area contributed by atoms with Gasteiger partial charge in [-0.2, -0.15) is 0 Å². The highest BCUT2D eigenvalue weighted by atomic mass is 28.4. The molecule has 2 fully saturated rings. The Morgan fingerprint density at radius 2 is 1.71 bits per heavy atom. The molecule has 2 aliphatic carbocycles. The molecule has 0 aromatic rings. The third kappa shape index (κ3) is 5.63. The van der Waals surface area contributed by atoms with E-state index in [1.807, 2.05) is 13.8 Å². The molecule has 2 rings (SSSR count). The zero-order chi connectivity index (χ0) is 21.4. The van der Waals surface area contributed by atoms with Crippen molar-refractivity contribution in [2.75, 3.05) is 0 Å². The van der Waals surface area contributed by atoms with Crippen molar-refractivity contribution in [2.45, 2.75) is 136 Å². The highest BCUT2D eigenvalue weighted by Crippen LogP contribution is 2.59. The highest BCUT2D eigenvalue weighted by molar-refractivity contribution is 6.74. The van der Waals surface area contributed by atoms with E-state index in [0.29, 0.717) is 16.6 Å². The van der Waals surface area contributed by atoms with Gasteiger partial charge in [-0.25, -0.2) is 0 Å². The largest absolute Gasteiger partial charge is 0.414 e. The molecule has 0 aliphatic heterocycles. The van der Waals surface area contributed by atoms with E-state index in [0.717, 1.165) is 30.6 Å². The van der Waals surface area contributed by atoms with Gasteiger partial charge in [-0.05, 0) is 87.3 Å². The molecular weight excluding hydrogens is 360 g/mol. The molecule has 28 heavy (non-hydrogen) atoms. The molecule has 0 spiro atoms. The van der Waals surface area contributed by atoms with Crippen LogP contribution in [0.25, 0.3) is 0 Å². The second-order valence-electron chi connectivity index (χ2n) is 12.6. The molecule has 0 unspecified atom stereocenters. The van der Waals surface area contributed by atoms with Gasteiger partial charge in [-0.15, -0.1) is 0 Å². The lowest BCUT2D eigenvalue weighted by molar-refractivity contribution is -0.0214. The normalized spacial score (nSPS) is 33.0. The van der Waals surface area contributed by atoms with E-state index in [9.17, 15) is 5.11 Å². The first kappa shape index (κ1) is 24.4. The first-order valence-electron chi connectivity index (χ1n) is 12.1. The monoisotopic (exact) mass is 410 g/mol. The van der Waals surface area contributed by atoms with Crippen molar-refractivity contribution >= 4 is 8.32 Å². The van der Waals surface area contributed by atoms with E-state index in [1.165, 1.54) is 44.9 Å². The van der Waals surface area contributed by atoms with Crippen LogP contribution in [0.2, 0.25) is 18.1 Å². The molecule has 0 bridgehead atoms. The van der Waals surface area contributed by atoms with Crippen molar-refractivity contribution in [1.82, 2.24) is 0 Å². The summed E-state index contributed by atoms with van der Waals surface area (Å²) in [5.41, 5.74) is -0.0354. The fourth-order valence-corrected chi connectivity index (χ4v) is 7.41. The number of unbranched alkanes of at least 4 members (excludes halogenated alkanes) is 1. The number of rotatable bonds is 8. The minimum Gasteiger partial charge on any atom is -0.414 e. The van der Waals surface area contributed by atoms with Crippen LogP contribution in [0.4, 0.5) is 0 Å². The van der Waals surface area contributed by atoms with Crippen molar-refractivity contribution in [3.05, 3.63) is 0 Å². The average molecular weight is 411 g/mol. The summed E-state index contributed by atoms with van der Waals surface area (Å²) in [6.45, 7) is 20.9. The fraction of sp³-hybridized carbons (Fsp3) is 1.00. The minimum absolute atomic E-state index is 0.298. The van der Waals surface area contributed by atoms with E-state index in [2.05, 4.69) is 47.7 Å². The van der Waals surface area contributed by atoms with E-state index < -0.39 is 13.9 Å². The first-order chi connectivity index (χ1) is 12.7. The zero-order valence-electron chi connectivity index (χ0n) is 20.5. The van der Waals surface area contributed by atoms with Gasteiger partial charge in [-0.1, -0.05) is 60.3 Å². The van der Waals surface area contributed by atoms with E-state index in [-0.39, 0.29) is 0 Å². The maximum absolute atomic E-state index is 9.96. The SMILES string of the molecule is C[C@H](CCCCC(C)(C)O)[C@H]1CC[C@H]2[C@@H](O[Si](C)(C)C(C)(C)C)CCC[C@]12C. The second kappa shape index (κ2) is 8.71. The lowest BCUT2D eigenvalue weighted by Crippen LogP contribution is -2.50. The summed E-state index contributed by atoms with van der Waals surface area (Å²) >= 11 is 0. The van der Waals surface area contributed by atoms with Crippen LogP contribution >= 0.6 is 0 Å². The van der Waals surface area contributed by atoms with Crippen LogP contribution < -0.4 is 0 Å². The van der Waals surface area contributed by atoms with Crippen LogP contribution in [-0.2, 0) is 4.43 Å². The molecule has 0 aromatic heterocycles. The molecule has 0 saturated heterocycles.